The molecule has 3 amide bonds. The summed E-state index contributed by atoms with van der Waals surface area (Å²) in [6.07, 6.45) is 1.33. The lowest BCUT2D eigenvalue weighted by molar-refractivity contribution is -0.0736. The first-order valence-corrected chi connectivity index (χ1v) is 9.09. The minimum absolute atomic E-state index is 0.0260. The van der Waals surface area contributed by atoms with Gasteiger partial charge in [-0.1, -0.05) is 12.1 Å². The van der Waals surface area contributed by atoms with Gasteiger partial charge in [0.05, 0.1) is 24.3 Å². The van der Waals surface area contributed by atoms with E-state index in [1.54, 1.807) is 21.9 Å². The van der Waals surface area contributed by atoms with Crippen molar-refractivity contribution < 1.29 is 18.7 Å². The van der Waals surface area contributed by atoms with Gasteiger partial charge in [-0.3, -0.25) is 4.79 Å². The van der Waals surface area contributed by atoms with Gasteiger partial charge in [-0.05, 0) is 38.8 Å². The number of ether oxygens (including phenoxy) is 1. The van der Waals surface area contributed by atoms with Crippen LogP contribution < -0.4 is 5.32 Å². The maximum atomic E-state index is 13.8. The number of likely N-dealkylation sites (tertiary alicyclic amines) is 1. The van der Waals surface area contributed by atoms with Gasteiger partial charge >= 0.3 is 6.03 Å². The van der Waals surface area contributed by atoms with Crippen LogP contribution >= 0.6 is 0 Å². The maximum absolute atomic E-state index is 13.8. The highest BCUT2D eigenvalue weighted by molar-refractivity contribution is 5.94. The molecule has 7 heteroatoms. The van der Waals surface area contributed by atoms with E-state index < -0.39 is 5.82 Å². The Morgan fingerprint density at radius 2 is 1.85 bits per heavy atom. The molecule has 0 unspecified atom stereocenters. The molecule has 0 spiro atoms. The third-order valence-corrected chi connectivity index (χ3v) is 4.93. The van der Waals surface area contributed by atoms with Crippen LogP contribution in [0.25, 0.3) is 0 Å². The summed E-state index contributed by atoms with van der Waals surface area (Å²) in [7, 11) is 0. The van der Waals surface area contributed by atoms with Gasteiger partial charge in [-0.25, -0.2) is 9.18 Å². The van der Waals surface area contributed by atoms with Crippen LogP contribution in [0.4, 0.5) is 9.18 Å². The highest BCUT2D eigenvalue weighted by atomic mass is 19.1. The lowest BCUT2D eigenvalue weighted by Crippen LogP contribution is -2.56. The molecule has 142 valence electrons. The first-order chi connectivity index (χ1) is 12.4. The molecule has 1 N–H and O–H groups in total. The SMILES string of the molecule is CC1(C)CN(C(=O)NC2CCN(C(=O)c3ccccc3F)CC2)CCO1. The zero-order valence-electron chi connectivity index (χ0n) is 15.3. The topological polar surface area (TPSA) is 61.9 Å². The number of morpholine rings is 1. The number of hydrogen-bond donors (Lipinski definition) is 1. The molecule has 0 bridgehead atoms. The van der Waals surface area contributed by atoms with E-state index in [2.05, 4.69) is 5.32 Å². The van der Waals surface area contributed by atoms with Gasteiger partial charge in [0.1, 0.15) is 5.82 Å². The van der Waals surface area contributed by atoms with Gasteiger partial charge < -0.3 is 19.9 Å². The number of carbonyl (C=O) groups excluding carboxylic acids is 2. The van der Waals surface area contributed by atoms with Crippen LogP contribution in [0, 0.1) is 5.82 Å². The number of benzene rings is 1. The van der Waals surface area contributed by atoms with Crippen LogP contribution in [0.3, 0.4) is 0 Å². The van der Waals surface area contributed by atoms with Crippen LogP contribution in [0.5, 0.6) is 0 Å². The van der Waals surface area contributed by atoms with Crippen molar-refractivity contribution in [1.82, 2.24) is 15.1 Å². The Kier molecular flexibility index (Phi) is 5.46. The molecule has 0 aliphatic carbocycles. The van der Waals surface area contributed by atoms with Crippen LogP contribution in [0.15, 0.2) is 24.3 Å². The Morgan fingerprint density at radius 3 is 2.50 bits per heavy atom. The number of halogens is 1. The molecule has 1 aromatic rings. The summed E-state index contributed by atoms with van der Waals surface area (Å²) in [4.78, 5) is 28.3. The number of hydrogen-bond acceptors (Lipinski definition) is 3. The lowest BCUT2D eigenvalue weighted by Gasteiger charge is -2.39. The fourth-order valence-electron chi connectivity index (χ4n) is 3.49. The van der Waals surface area contributed by atoms with Crippen molar-refractivity contribution in [3.63, 3.8) is 0 Å². The molecule has 26 heavy (non-hydrogen) atoms. The molecule has 2 aliphatic heterocycles. The number of rotatable bonds is 2. The van der Waals surface area contributed by atoms with E-state index in [0.29, 0.717) is 45.6 Å². The van der Waals surface area contributed by atoms with E-state index in [4.69, 9.17) is 4.74 Å². The number of nitrogens with one attached hydrogen (secondary N) is 1. The van der Waals surface area contributed by atoms with E-state index in [1.165, 1.54) is 12.1 Å². The van der Waals surface area contributed by atoms with Gasteiger partial charge in [0.2, 0.25) is 0 Å². The van der Waals surface area contributed by atoms with Gasteiger partial charge in [0.15, 0.2) is 0 Å². The second kappa shape index (κ2) is 7.61. The summed E-state index contributed by atoms with van der Waals surface area (Å²) < 4.78 is 19.4. The molecule has 2 saturated heterocycles. The largest absolute Gasteiger partial charge is 0.372 e. The minimum Gasteiger partial charge on any atom is -0.372 e. The first-order valence-electron chi connectivity index (χ1n) is 9.09. The average Bonchev–Trinajstić information content (AvgIpc) is 2.61. The molecule has 6 nitrogen and oxygen atoms in total. The van der Waals surface area contributed by atoms with E-state index in [-0.39, 0.29) is 29.1 Å². The van der Waals surface area contributed by atoms with E-state index in [9.17, 15) is 14.0 Å². The van der Waals surface area contributed by atoms with Crippen LogP contribution in [0.2, 0.25) is 0 Å². The fraction of sp³-hybridized carbons (Fsp3) is 0.579. The molecule has 0 saturated carbocycles. The Bertz CT molecular complexity index is 672. The summed E-state index contributed by atoms with van der Waals surface area (Å²) in [5, 5.41) is 3.06. The molecule has 2 fully saturated rings. The average molecular weight is 363 g/mol. The van der Waals surface area contributed by atoms with Crippen molar-refractivity contribution in [2.75, 3.05) is 32.8 Å². The molecular formula is C19H26FN3O3. The van der Waals surface area contributed by atoms with Crippen molar-refractivity contribution in [2.24, 2.45) is 0 Å². The van der Waals surface area contributed by atoms with Crippen molar-refractivity contribution >= 4 is 11.9 Å². The predicted octanol–water partition coefficient (Wildman–Crippen LogP) is 2.25. The zero-order chi connectivity index (χ0) is 18.7. The number of amides is 3. The summed E-state index contributed by atoms with van der Waals surface area (Å²) in [6, 6.07) is 5.97. The summed E-state index contributed by atoms with van der Waals surface area (Å²) in [5.41, 5.74) is -0.226. The van der Waals surface area contributed by atoms with Crippen molar-refractivity contribution in [2.45, 2.75) is 38.3 Å². The van der Waals surface area contributed by atoms with Crippen molar-refractivity contribution in [3.05, 3.63) is 35.6 Å². The van der Waals surface area contributed by atoms with E-state index in [0.717, 1.165) is 0 Å². The Hall–Kier alpha value is -2.15. The van der Waals surface area contributed by atoms with Gasteiger partial charge in [-0.15, -0.1) is 0 Å². The van der Waals surface area contributed by atoms with Crippen LogP contribution in [0.1, 0.15) is 37.0 Å². The van der Waals surface area contributed by atoms with Crippen LogP contribution in [-0.2, 0) is 4.74 Å². The smallest absolute Gasteiger partial charge is 0.317 e. The predicted molar refractivity (Wildman–Crippen MR) is 95.5 cm³/mol. The third kappa shape index (κ3) is 4.33. The lowest BCUT2D eigenvalue weighted by atomic mass is 10.0. The summed E-state index contributed by atoms with van der Waals surface area (Å²) >= 11 is 0. The van der Waals surface area contributed by atoms with Gasteiger partial charge in [0, 0.05) is 25.7 Å². The molecule has 0 aromatic heterocycles. The highest BCUT2D eigenvalue weighted by Crippen LogP contribution is 2.18. The molecule has 2 aliphatic rings. The second-order valence-electron chi connectivity index (χ2n) is 7.53. The normalized spacial score (nSPS) is 20.7. The maximum Gasteiger partial charge on any atom is 0.317 e. The van der Waals surface area contributed by atoms with Crippen molar-refractivity contribution in [1.29, 1.82) is 0 Å². The second-order valence-corrected chi connectivity index (χ2v) is 7.53. The van der Waals surface area contributed by atoms with Gasteiger partial charge in [-0.2, -0.15) is 0 Å². The molecule has 1 aromatic carbocycles. The first kappa shape index (κ1) is 18.6. The quantitative estimate of drug-likeness (QED) is 0.877. The monoisotopic (exact) mass is 363 g/mol. The number of urea groups is 1. The van der Waals surface area contributed by atoms with Crippen molar-refractivity contribution in [3.8, 4) is 0 Å². The highest BCUT2D eigenvalue weighted by Gasteiger charge is 2.32. The minimum atomic E-state index is -0.497. The Morgan fingerprint density at radius 1 is 1.15 bits per heavy atom. The molecule has 2 heterocycles. The zero-order valence-corrected chi connectivity index (χ0v) is 15.3. The number of piperidine rings is 1. The van der Waals surface area contributed by atoms with E-state index >= 15 is 0 Å². The summed E-state index contributed by atoms with van der Waals surface area (Å²) in [5.74, 6) is -0.786. The fourth-order valence-corrected chi connectivity index (χ4v) is 3.49. The standard InChI is InChI=1S/C19H26FN3O3/c1-19(2)13-23(11-12-26-19)18(25)21-14-7-9-22(10-8-14)17(24)15-5-3-4-6-16(15)20/h3-6,14H,7-13H2,1-2H3,(H,21,25). The molecule has 0 radical (unpaired) electrons. The Labute approximate surface area is 153 Å². The third-order valence-electron chi connectivity index (χ3n) is 4.93. The number of carbonyl (C=O) groups is 2. The molecule has 3 rings (SSSR count). The summed E-state index contributed by atoms with van der Waals surface area (Å²) in [6.45, 7) is 6.64. The van der Waals surface area contributed by atoms with E-state index in [1.807, 2.05) is 13.8 Å². The molecular weight excluding hydrogens is 337 g/mol. The van der Waals surface area contributed by atoms with Crippen LogP contribution in [-0.4, -0.2) is 66.2 Å². The Balaban J connectivity index is 1.50. The number of nitrogens with zero attached hydrogens (tertiary/aromatic N) is 2. The van der Waals surface area contributed by atoms with Gasteiger partial charge in [0.25, 0.3) is 5.91 Å². The molecule has 0 atom stereocenters.